The Kier molecular flexibility index (Phi) is 8.27. The first-order valence-electron chi connectivity index (χ1n) is 13.5. The Morgan fingerprint density at radius 2 is 1.89 bits per heavy atom. The second-order valence-electron chi connectivity index (χ2n) is 9.71. The number of nitrogens with one attached hydrogen (secondary N) is 1. The van der Waals surface area contributed by atoms with Crippen molar-refractivity contribution >= 4 is 61.3 Å². The highest BCUT2D eigenvalue weighted by Crippen LogP contribution is 2.35. The number of nitro benzene ring substituents is 1. The molecule has 2 aromatic heterocycles. The Hall–Kier alpha value is -5.89. The van der Waals surface area contributed by atoms with Crippen molar-refractivity contribution in [3.63, 3.8) is 0 Å². The van der Waals surface area contributed by atoms with E-state index in [0.29, 0.717) is 26.7 Å². The van der Waals surface area contributed by atoms with E-state index in [0.717, 1.165) is 4.68 Å². The van der Waals surface area contributed by atoms with Gasteiger partial charge in [-0.25, -0.2) is 9.37 Å². The molecule has 1 amide bonds. The van der Waals surface area contributed by atoms with Gasteiger partial charge in [0.25, 0.3) is 11.5 Å². The second-order valence-corrected chi connectivity index (χ2v) is 10.6. The molecule has 0 saturated heterocycles. The zero-order valence-corrected chi connectivity index (χ0v) is 25.4. The van der Waals surface area contributed by atoms with Gasteiger partial charge in [0.05, 0.1) is 40.2 Å². The molecule has 0 aliphatic rings. The molecule has 4 aromatic carbocycles. The SMILES string of the molecule is COc1cccc2oc(-c3nc4ccccc4c(=O)n3N=Cc3cc(Br)cc([N+](=O)[O-])c3OCC(=O)Nc3ccccc3F)cc12. The normalized spacial score (nSPS) is 11.3. The maximum atomic E-state index is 14.0. The number of amides is 1. The predicted molar refractivity (Wildman–Crippen MR) is 172 cm³/mol. The van der Waals surface area contributed by atoms with Gasteiger partial charge in [-0.15, -0.1) is 0 Å². The maximum absolute atomic E-state index is 14.0. The van der Waals surface area contributed by atoms with Crippen LogP contribution in [0.4, 0.5) is 15.8 Å². The number of hydrogen-bond donors (Lipinski definition) is 1. The monoisotopic (exact) mass is 685 g/mol. The van der Waals surface area contributed by atoms with Crippen LogP contribution in [-0.4, -0.2) is 40.4 Å². The number of rotatable bonds is 9. The van der Waals surface area contributed by atoms with Crippen LogP contribution in [0.3, 0.4) is 0 Å². The molecular weight excluding hydrogens is 665 g/mol. The van der Waals surface area contributed by atoms with Crippen LogP contribution in [0, 0.1) is 15.9 Å². The summed E-state index contributed by atoms with van der Waals surface area (Å²) in [6.45, 7) is -0.693. The first-order chi connectivity index (χ1) is 22.2. The summed E-state index contributed by atoms with van der Waals surface area (Å²) in [5.74, 6) is -0.921. The van der Waals surface area contributed by atoms with Crippen LogP contribution >= 0.6 is 15.9 Å². The van der Waals surface area contributed by atoms with Crippen molar-refractivity contribution in [3.8, 4) is 23.1 Å². The van der Waals surface area contributed by atoms with Gasteiger partial charge < -0.3 is 19.2 Å². The van der Waals surface area contributed by atoms with E-state index in [1.54, 1.807) is 48.5 Å². The number of carbonyl (C=O) groups is 1. The number of furan rings is 1. The fourth-order valence-corrected chi connectivity index (χ4v) is 5.17. The predicted octanol–water partition coefficient (Wildman–Crippen LogP) is 6.53. The molecule has 230 valence electrons. The molecule has 2 heterocycles. The smallest absolute Gasteiger partial charge is 0.312 e. The lowest BCUT2D eigenvalue weighted by Gasteiger charge is -2.11. The van der Waals surface area contributed by atoms with Gasteiger partial charge in [-0.05, 0) is 48.5 Å². The van der Waals surface area contributed by atoms with E-state index in [1.165, 1.54) is 49.7 Å². The third-order valence-electron chi connectivity index (χ3n) is 6.78. The van der Waals surface area contributed by atoms with Gasteiger partial charge in [0, 0.05) is 16.1 Å². The Bertz CT molecular complexity index is 2250. The molecule has 6 rings (SSSR count). The van der Waals surface area contributed by atoms with E-state index in [2.05, 4.69) is 31.3 Å². The lowest BCUT2D eigenvalue weighted by atomic mass is 10.2. The van der Waals surface area contributed by atoms with Crippen molar-refractivity contribution < 1.29 is 28.0 Å². The Morgan fingerprint density at radius 1 is 1.11 bits per heavy atom. The van der Waals surface area contributed by atoms with Crippen molar-refractivity contribution in [2.24, 2.45) is 5.10 Å². The minimum atomic E-state index is -0.761. The highest BCUT2D eigenvalue weighted by atomic mass is 79.9. The summed E-state index contributed by atoms with van der Waals surface area (Å²) in [7, 11) is 1.52. The number of aromatic nitrogens is 2. The Balaban J connectivity index is 1.43. The Morgan fingerprint density at radius 3 is 2.67 bits per heavy atom. The number of anilines is 1. The molecule has 0 bridgehead atoms. The molecule has 0 spiro atoms. The number of para-hydroxylation sites is 2. The van der Waals surface area contributed by atoms with Crippen LogP contribution in [-0.2, 0) is 4.79 Å². The van der Waals surface area contributed by atoms with E-state index < -0.39 is 34.5 Å². The summed E-state index contributed by atoms with van der Waals surface area (Å²) in [5, 5.41) is 19.6. The molecule has 12 nitrogen and oxygen atoms in total. The van der Waals surface area contributed by atoms with Crippen LogP contribution in [0.15, 0.2) is 104 Å². The van der Waals surface area contributed by atoms with Crippen molar-refractivity contribution in [1.82, 2.24) is 9.66 Å². The van der Waals surface area contributed by atoms with E-state index in [1.807, 2.05) is 0 Å². The molecule has 0 unspecified atom stereocenters. The van der Waals surface area contributed by atoms with E-state index >= 15 is 0 Å². The maximum Gasteiger partial charge on any atom is 0.312 e. The molecule has 46 heavy (non-hydrogen) atoms. The zero-order valence-electron chi connectivity index (χ0n) is 23.8. The molecule has 0 aliphatic carbocycles. The Labute approximate surface area is 267 Å². The summed E-state index contributed by atoms with van der Waals surface area (Å²) in [6, 6.07) is 21.8. The van der Waals surface area contributed by atoms with Crippen molar-refractivity contribution in [3.05, 3.63) is 121 Å². The minimum absolute atomic E-state index is 0.0504. The topological polar surface area (TPSA) is 151 Å². The average molecular weight is 686 g/mol. The largest absolute Gasteiger partial charge is 0.496 e. The molecule has 1 N–H and O–H groups in total. The number of nitro groups is 1. The van der Waals surface area contributed by atoms with Gasteiger partial charge in [-0.2, -0.15) is 9.78 Å². The van der Waals surface area contributed by atoms with Gasteiger partial charge in [0.1, 0.15) is 17.1 Å². The number of nitrogens with zero attached hydrogens (tertiary/aromatic N) is 4. The van der Waals surface area contributed by atoms with E-state index in [9.17, 15) is 24.1 Å². The number of benzene rings is 4. The first kappa shape index (κ1) is 30.1. The fourth-order valence-electron chi connectivity index (χ4n) is 4.71. The molecule has 0 saturated carbocycles. The van der Waals surface area contributed by atoms with Crippen LogP contribution < -0.4 is 20.3 Å². The number of ether oxygens (including phenoxy) is 2. The molecule has 6 aromatic rings. The van der Waals surface area contributed by atoms with Crippen molar-refractivity contribution in [2.45, 2.75) is 0 Å². The summed E-state index contributed by atoms with van der Waals surface area (Å²) >= 11 is 3.25. The highest BCUT2D eigenvalue weighted by molar-refractivity contribution is 9.10. The van der Waals surface area contributed by atoms with Gasteiger partial charge in [-0.3, -0.25) is 19.7 Å². The van der Waals surface area contributed by atoms with Gasteiger partial charge >= 0.3 is 5.69 Å². The number of carbonyl (C=O) groups excluding carboxylic acids is 1. The van der Waals surface area contributed by atoms with Crippen LogP contribution in [0.1, 0.15) is 5.56 Å². The zero-order chi connectivity index (χ0) is 32.4. The van der Waals surface area contributed by atoms with Crippen molar-refractivity contribution in [2.75, 3.05) is 19.0 Å². The molecular formula is C32H21BrFN5O7. The van der Waals surface area contributed by atoms with Crippen LogP contribution in [0.25, 0.3) is 33.5 Å². The lowest BCUT2D eigenvalue weighted by Crippen LogP contribution is -2.22. The van der Waals surface area contributed by atoms with Gasteiger partial charge in [0.15, 0.2) is 12.4 Å². The van der Waals surface area contributed by atoms with Crippen LogP contribution in [0.5, 0.6) is 11.5 Å². The third kappa shape index (κ3) is 5.93. The summed E-state index contributed by atoms with van der Waals surface area (Å²) in [5.41, 5.74) is -0.175. The number of halogens is 2. The van der Waals surface area contributed by atoms with Crippen LogP contribution in [0.2, 0.25) is 0 Å². The highest BCUT2D eigenvalue weighted by Gasteiger charge is 2.23. The summed E-state index contributed by atoms with van der Waals surface area (Å²) in [4.78, 5) is 42.2. The average Bonchev–Trinajstić information content (AvgIpc) is 3.49. The summed E-state index contributed by atoms with van der Waals surface area (Å²) < 4.78 is 32.4. The minimum Gasteiger partial charge on any atom is -0.496 e. The third-order valence-corrected chi connectivity index (χ3v) is 7.24. The van der Waals surface area contributed by atoms with E-state index in [4.69, 9.17) is 13.9 Å². The standard InChI is InChI=1S/C32H21BrFN5O7/c1-44-26-11-6-12-27-21(26)15-28(46-27)31-37-23-9-4-2-7-20(23)32(41)38(31)35-16-18-13-19(33)14-25(39(42)43)30(18)45-17-29(40)36-24-10-5-3-8-22(24)34/h2-16H,17H2,1H3,(H,36,40). The number of methoxy groups -OCH3 is 1. The number of fused-ring (bicyclic) bond motifs is 2. The molecule has 14 heteroatoms. The quantitative estimate of drug-likeness (QED) is 0.103. The molecule has 0 radical (unpaired) electrons. The number of hydrogen-bond acceptors (Lipinski definition) is 9. The summed E-state index contributed by atoms with van der Waals surface area (Å²) in [6.07, 6.45) is 1.17. The lowest BCUT2D eigenvalue weighted by molar-refractivity contribution is -0.385. The molecule has 0 fully saturated rings. The second kappa shape index (κ2) is 12.6. The molecule has 0 aliphatic heterocycles. The first-order valence-corrected chi connectivity index (χ1v) is 14.3. The van der Waals surface area contributed by atoms with Gasteiger partial charge in [0.2, 0.25) is 11.6 Å². The van der Waals surface area contributed by atoms with Gasteiger partial charge in [-0.1, -0.05) is 46.3 Å². The van der Waals surface area contributed by atoms with E-state index in [-0.39, 0.29) is 34.0 Å². The molecule has 0 atom stereocenters. The van der Waals surface area contributed by atoms with Crippen molar-refractivity contribution in [1.29, 1.82) is 0 Å². The fraction of sp³-hybridized carbons (Fsp3) is 0.0625.